The first-order valence-electron chi connectivity index (χ1n) is 9.46. The van der Waals surface area contributed by atoms with Crippen molar-refractivity contribution in [3.63, 3.8) is 0 Å². The molecule has 1 N–H and O–H groups in total. The molecule has 0 spiro atoms. The van der Waals surface area contributed by atoms with Crippen molar-refractivity contribution in [1.82, 2.24) is 4.98 Å². The number of hydrogen-bond acceptors (Lipinski definition) is 6. The van der Waals surface area contributed by atoms with Crippen molar-refractivity contribution in [2.75, 3.05) is 25.6 Å². The highest BCUT2D eigenvalue weighted by molar-refractivity contribution is 8.00. The Morgan fingerprint density at radius 3 is 2.79 bits per heavy atom. The number of aromatic amines is 1. The first-order chi connectivity index (χ1) is 14.2. The summed E-state index contributed by atoms with van der Waals surface area (Å²) >= 11 is 1.33. The molecule has 0 bridgehead atoms. The number of rotatable bonds is 7. The molecule has 0 saturated heterocycles. The van der Waals surface area contributed by atoms with Crippen LogP contribution in [0.1, 0.15) is 22.8 Å². The second-order valence-electron chi connectivity index (χ2n) is 6.57. The third-order valence-electron chi connectivity index (χ3n) is 4.72. The maximum absolute atomic E-state index is 12.5. The largest absolute Gasteiger partial charge is 0.486 e. The maximum Gasteiger partial charge on any atom is 0.316 e. The highest BCUT2D eigenvalue weighted by atomic mass is 32.2. The van der Waals surface area contributed by atoms with Gasteiger partial charge in [-0.25, -0.2) is 0 Å². The third kappa shape index (κ3) is 4.24. The number of nitrogens with one attached hydrogen (secondary N) is 1. The highest BCUT2D eigenvalue weighted by Gasteiger charge is 2.16. The van der Waals surface area contributed by atoms with Crippen molar-refractivity contribution < 1.29 is 23.8 Å². The lowest BCUT2D eigenvalue weighted by Gasteiger charge is -2.18. The molecule has 0 radical (unpaired) electrons. The van der Waals surface area contributed by atoms with Gasteiger partial charge in [0.1, 0.15) is 13.2 Å². The van der Waals surface area contributed by atoms with Crippen LogP contribution < -0.4 is 9.47 Å². The van der Waals surface area contributed by atoms with Gasteiger partial charge >= 0.3 is 5.97 Å². The Bertz CT molecular complexity index is 1060. The average Bonchev–Trinajstić information content (AvgIpc) is 3.20. The average molecular weight is 411 g/mol. The summed E-state index contributed by atoms with van der Waals surface area (Å²) in [4.78, 5) is 28.6. The topological polar surface area (TPSA) is 77.6 Å². The van der Waals surface area contributed by atoms with Crippen molar-refractivity contribution in [2.45, 2.75) is 18.2 Å². The summed E-state index contributed by atoms with van der Waals surface area (Å²) in [6.45, 7) is 2.84. The zero-order valence-electron chi connectivity index (χ0n) is 16.0. The van der Waals surface area contributed by atoms with Crippen LogP contribution >= 0.6 is 11.8 Å². The summed E-state index contributed by atoms with van der Waals surface area (Å²) in [7, 11) is 0. The normalized spacial score (nSPS) is 12.7. The van der Waals surface area contributed by atoms with Gasteiger partial charge in [-0.05, 0) is 30.2 Å². The first kappa shape index (κ1) is 19.4. The number of aromatic nitrogens is 1. The Hall–Kier alpha value is -2.93. The molecule has 2 heterocycles. The number of carbonyl (C=O) groups is 2. The number of fused-ring (bicyclic) bond motifs is 2. The van der Waals surface area contributed by atoms with Gasteiger partial charge in [-0.3, -0.25) is 9.59 Å². The molecule has 0 fully saturated rings. The molecule has 4 rings (SSSR count). The summed E-state index contributed by atoms with van der Waals surface area (Å²) < 4.78 is 16.2. The number of carbonyl (C=O) groups excluding carboxylic acids is 2. The van der Waals surface area contributed by atoms with Crippen LogP contribution in [0.25, 0.3) is 10.9 Å². The quantitative estimate of drug-likeness (QED) is 0.359. The van der Waals surface area contributed by atoms with Gasteiger partial charge in [0.15, 0.2) is 18.1 Å². The molecular formula is C22H21NO5S. The van der Waals surface area contributed by atoms with E-state index >= 15 is 0 Å². The molecule has 0 amide bonds. The fraction of sp³-hybridized carbons (Fsp3) is 0.273. The van der Waals surface area contributed by atoms with Crippen LogP contribution in [0.3, 0.4) is 0 Å². The van der Waals surface area contributed by atoms with E-state index in [1.807, 2.05) is 36.4 Å². The van der Waals surface area contributed by atoms with Crippen molar-refractivity contribution >= 4 is 34.4 Å². The van der Waals surface area contributed by atoms with Gasteiger partial charge in [0.25, 0.3) is 0 Å². The molecule has 1 aliphatic heterocycles. The number of Topliss-reactive ketones (excluding diaryl/α,β-unsaturated/α-hetero) is 1. The lowest BCUT2D eigenvalue weighted by Crippen LogP contribution is -2.16. The number of esters is 1. The Balaban J connectivity index is 1.32. The lowest BCUT2D eigenvalue weighted by molar-refractivity contribution is -0.139. The minimum Gasteiger partial charge on any atom is -0.486 e. The van der Waals surface area contributed by atoms with Gasteiger partial charge in [0.05, 0.1) is 5.75 Å². The zero-order chi connectivity index (χ0) is 20.2. The molecule has 0 atom stereocenters. The Kier molecular flexibility index (Phi) is 5.76. The second kappa shape index (κ2) is 8.61. The number of hydrogen-bond donors (Lipinski definition) is 1. The van der Waals surface area contributed by atoms with Crippen LogP contribution in [-0.4, -0.2) is 42.3 Å². The molecule has 1 aromatic heterocycles. The van der Waals surface area contributed by atoms with E-state index in [4.69, 9.17) is 14.2 Å². The van der Waals surface area contributed by atoms with E-state index in [9.17, 15) is 9.59 Å². The third-order valence-corrected chi connectivity index (χ3v) is 5.68. The Morgan fingerprint density at radius 2 is 1.97 bits per heavy atom. The highest BCUT2D eigenvalue weighted by Crippen LogP contribution is 2.34. The minimum atomic E-state index is -0.438. The van der Waals surface area contributed by atoms with E-state index in [-0.39, 0.29) is 18.1 Å². The van der Waals surface area contributed by atoms with Crippen LogP contribution in [0.4, 0.5) is 0 Å². The number of ether oxygens (including phenoxy) is 3. The maximum atomic E-state index is 12.5. The van der Waals surface area contributed by atoms with Gasteiger partial charge in [-0.1, -0.05) is 25.1 Å². The minimum absolute atomic E-state index is 0.112. The smallest absolute Gasteiger partial charge is 0.316 e. The van der Waals surface area contributed by atoms with Crippen molar-refractivity contribution in [3.05, 3.63) is 53.7 Å². The van der Waals surface area contributed by atoms with Crippen molar-refractivity contribution in [2.24, 2.45) is 0 Å². The number of thioether (sulfide) groups is 1. The van der Waals surface area contributed by atoms with Crippen LogP contribution in [0.15, 0.2) is 47.5 Å². The number of aryl methyl sites for hydroxylation is 1. The number of para-hydroxylation sites is 1. The van der Waals surface area contributed by atoms with Gasteiger partial charge < -0.3 is 19.2 Å². The van der Waals surface area contributed by atoms with Crippen LogP contribution in [0.5, 0.6) is 11.5 Å². The molecule has 2 aromatic carbocycles. The van der Waals surface area contributed by atoms with Crippen molar-refractivity contribution in [3.8, 4) is 11.5 Å². The van der Waals surface area contributed by atoms with Crippen LogP contribution in [0, 0.1) is 0 Å². The van der Waals surface area contributed by atoms with E-state index in [1.165, 1.54) is 11.8 Å². The monoisotopic (exact) mass is 411 g/mol. The molecule has 0 unspecified atom stereocenters. The van der Waals surface area contributed by atoms with E-state index in [0.29, 0.717) is 30.3 Å². The first-order valence-corrected chi connectivity index (χ1v) is 10.4. The lowest BCUT2D eigenvalue weighted by atomic mass is 10.1. The zero-order valence-corrected chi connectivity index (χ0v) is 16.8. The Labute approximate surface area is 172 Å². The number of ketones is 1. The summed E-state index contributed by atoms with van der Waals surface area (Å²) in [5.41, 5.74) is 2.65. The second-order valence-corrected chi connectivity index (χ2v) is 7.62. The molecule has 0 aliphatic carbocycles. The van der Waals surface area contributed by atoms with E-state index in [0.717, 1.165) is 27.8 Å². The molecule has 29 heavy (non-hydrogen) atoms. The molecule has 6 nitrogen and oxygen atoms in total. The predicted octanol–water partition coefficient (Wildman–Crippen LogP) is 4.02. The van der Waals surface area contributed by atoms with Gasteiger partial charge in [0.2, 0.25) is 5.78 Å². The molecular weight excluding hydrogens is 390 g/mol. The van der Waals surface area contributed by atoms with E-state index in [2.05, 4.69) is 11.9 Å². The van der Waals surface area contributed by atoms with Crippen LogP contribution in [0.2, 0.25) is 0 Å². The number of benzene rings is 2. The molecule has 1 aliphatic rings. The molecule has 7 heteroatoms. The fourth-order valence-electron chi connectivity index (χ4n) is 3.26. The fourth-order valence-corrected chi connectivity index (χ4v) is 3.99. The van der Waals surface area contributed by atoms with Crippen LogP contribution in [-0.2, 0) is 16.0 Å². The molecule has 3 aromatic rings. The predicted molar refractivity (Wildman–Crippen MR) is 111 cm³/mol. The summed E-state index contributed by atoms with van der Waals surface area (Å²) in [6.07, 6.45) is 2.56. The van der Waals surface area contributed by atoms with E-state index in [1.54, 1.807) is 6.20 Å². The standard InChI is InChI=1S/C22H21NO5S/c1-2-14-4-3-5-16-17(11-23-22(14)16)18(24)12-28-21(25)13-29-15-6-7-19-20(10-15)27-9-8-26-19/h3-7,10-11,23H,2,8-9,12-13H2,1H3. The summed E-state index contributed by atoms with van der Waals surface area (Å²) in [5.74, 6) is 0.838. The SMILES string of the molecule is CCc1cccc2c(C(=O)COC(=O)CSc3ccc4c(c3)OCCO4)c[nH]c12. The van der Waals surface area contributed by atoms with E-state index < -0.39 is 5.97 Å². The molecule has 0 saturated carbocycles. The van der Waals surface area contributed by atoms with Gasteiger partial charge in [0, 0.05) is 27.6 Å². The molecule has 150 valence electrons. The number of H-pyrrole nitrogens is 1. The summed E-state index contributed by atoms with van der Waals surface area (Å²) in [6, 6.07) is 11.4. The van der Waals surface area contributed by atoms with Gasteiger partial charge in [-0.15, -0.1) is 11.8 Å². The Morgan fingerprint density at radius 1 is 1.14 bits per heavy atom. The van der Waals surface area contributed by atoms with Gasteiger partial charge in [-0.2, -0.15) is 0 Å². The van der Waals surface area contributed by atoms with Crippen molar-refractivity contribution in [1.29, 1.82) is 0 Å². The summed E-state index contributed by atoms with van der Waals surface area (Å²) in [5, 5.41) is 0.857.